The monoisotopic (exact) mass is 592 g/mol. The number of nitrogens with one attached hydrogen (secondary N) is 1. The molecule has 0 bridgehead atoms. The van der Waals surface area contributed by atoms with Gasteiger partial charge in [0.25, 0.3) is 0 Å². The zero-order valence-electron chi connectivity index (χ0n) is 17.0. The van der Waals surface area contributed by atoms with Crippen LogP contribution in [0.25, 0.3) is 0 Å². The van der Waals surface area contributed by atoms with Crippen LogP contribution in [0.2, 0.25) is 0 Å². The Hall–Kier alpha value is -2.39. The van der Waals surface area contributed by atoms with Crippen molar-refractivity contribution in [1.29, 1.82) is 0 Å². The van der Waals surface area contributed by atoms with Gasteiger partial charge in [-0.2, -0.15) is 5.10 Å². The third-order valence-corrected chi connectivity index (χ3v) is 5.50. The van der Waals surface area contributed by atoms with Crippen LogP contribution < -0.4 is 14.9 Å². The van der Waals surface area contributed by atoms with E-state index in [0.717, 1.165) is 21.2 Å². The molecule has 0 atom stereocenters. The van der Waals surface area contributed by atoms with E-state index in [1.165, 1.54) is 3.57 Å². The lowest BCUT2D eigenvalue weighted by atomic mass is 10.1. The number of hydrogen-bond donors (Lipinski definition) is 1. The molecule has 7 heteroatoms. The Bertz CT molecular complexity index is 1040. The first-order chi connectivity index (χ1) is 15.0. The maximum atomic E-state index is 12.1. The van der Waals surface area contributed by atoms with Gasteiger partial charge in [0.05, 0.1) is 19.2 Å². The quantitative estimate of drug-likeness (QED) is 0.196. The summed E-state index contributed by atoms with van der Waals surface area (Å²) < 4.78 is 13.8. The number of hydrogen-bond acceptors (Lipinski definition) is 4. The molecular weight excluding hydrogens is 571 g/mol. The Balaban J connectivity index is 1.59. The fraction of sp³-hybridized carbons (Fsp3) is 0.167. The van der Waals surface area contributed by atoms with Crippen LogP contribution in [-0.2, 0) is 17.8 Å². The van der Waals surface area contributed by atoms with Crippen molar-refractivity contribution in [1.82, 2.24) is 5.43 Å². The largest absolute Gasteiger partial charge is 0.490 e. The Morgan fingerprint density at radius 2 is 1.71 bits per heavy atom. The standard InChI is InChI=1S/C24H22BrIN2O3/c1-2-30-23-13-19(7-12-22(23)31-16-18-5-10-21(26)11-6-18)15-27-28-24(29)14-17-3-8-20(25)9-4-17/h3-13,15H,2,14,16H2,1H3,(H,28,29)/b27-15+. The fourth-order valence-electron chi connectivity index (χ4n) is 2.74. The topological polar surface area (TPSA) is 59.9 Å². The number of rotatable bonds is 9. The Labute approximate surface area is 204 Å². The lowest BCUT2D eigenvalue weighted by Gasteiger charge is -2.12. The molecule has 31 heavy (non-hydrogen) atoms. The maximum Gasteiger partial charge on any atom is 0.244 e. The van der Waals surface area contributed by atoms with Crippen molar-refractivity contribution in [3.63, 3.8) is 0 Å². The molecule has 0 heterocycles. The van der Waals surface area contributed by atoms with Gasteiger partial charge >= 0.3 is 0 Å². The third kappa shape index (κ3) is 7.66. The second kappa shape index (κ2) is 11.9. The average Bonchev–Trinajstić information content (AvgIpc) is 2.76. The van der Waals surface area contributed by atoms with E-state index in [4.69, 9.17) is 9.47 Å². The maximum absolute atomic E-state index is 12.1. The fourth-order valence-corrected chi connectivity index (χ4v) is 3.36. The predicted molar refractivity (Wildman–Crippen MR) is 135 cm³/mol. The summed E-state index contributed by atoms with van der Waals surface area (Å²) >= 11 is 5.66. The molecule has 0 saturated heterocycles. The minimum atomic E-state index is -0.180. The van der Waals surface area contributed by atoms with Crippen LogP contribution >= 0.6 is 38.5 Å². The second-order valence-electron chi connectivity index (χ2n) is 6.65. The molecular formula is C24H22BrIN2O3. The number of carbonyl (C=O) groups is 1. The number of halogens is 2. The highest BCUT2D eigenvalue weighted by Gasteiger charge is 2.07. The molecule has 1 N–H and O–H groups in total. The molecule has 0 spiro atoms. The van der Waals surface area contributed by atoms with Gasteiger partial charge in [-0.05, 0) is 88.7 Å². The van der Waals surface area contributed by atoms with Crippen molar-refractivity contribution < 1.29 is 14.3 Å². The van der Waals surface area contributed by atoms with Gasteiger partial charge < -0.3 is 9.47 Å². The average molecular weight is 593 g/mol. The first kappa shape index (κ1) is 23.3. The smallest absolute Gasteiger partial charge is 0.244 e. The number of nitrogens with zero attached hydrogens (tertiary/aromatic N) is 1. The predicted octanol–water partition coefficient (Wildman–Crippen LogP) is 5.72. The van der Waals surface area contributed by atoms with Crippen molar-refractivity contribution >= 4 is 50.6 Å². The minimum Gasteiger partial charge on any atom is -0.490 e. The van der Waals surface area contributed by atoms with Crippen LogP contribution in [0.4, 0.5) is 0 Å². The van der Waals surface area contributed by atoms with Crippen LogP contribution in [0.15, 0.2) is 76.3 Å². The summed E-state index contributed by atoms with van der Waals surface area (Å²) in [4.78, 5) is 12.1. The summed E-state index contributed by atoms with van der Waals surface area (Å²) in [6, 6.07) is 21.4. The van der Waals surface area contributed by atoms with Gasteiger partial charge in [0.2, 0.25) is 5.91 Å². The van der Waals surface area contributed by atoms with Crippen molar-refractivity contribution in [2.24, 2.45) is 5.10 Å². The van der Waals surface area contributed by atoms with Crippen LogP contribution in [0.1, 0.15) is 23.6 Å². The van der Waals surface area contributed by atoms with E-state index in [1.54, 1.807) is 6.21 Å². The molecule has 3 rings (SSSR count). The molecule has 0 radical (unpaired) electrons. The zero-order valence-corrected chi connectivity index (χ0v) is 20.7. The van der Waals surface area contributed by atoms with Gasteiger partial charge in [-0.15, -0.1) is 0 Å². The van der Waals surface area contributed by atoms with Gasteiger partial charge in [-0.1, -0.05) is 40.2 Å². The number of amides is 1. The Morgan fingerprint density at radius 3 is 2.42 bits per heavy atom. The highest BCUT2D eigenvalue weighted by atomic mass is 127. The third-order valence-electron chi connectivity index (χ3n) is 4.26. The van der Waals surface area contributed by atoms with E-state index in [9.17, 15) is 4.79 Å². The van der Waals surface area contributed by atoms with Crippen LogP contribution in [-0.4, -0.2) is 18.7 Å². The van der Waals surface area contributed by atoms with Gasteiger partial charge in [-0.3, -0.25) is 4.79 Å². The Kier molecular flexibility index (Phi) is 8.90. The molecule has 160 valence electrons. The van der Waals surface area contributed by atoms with Crippen LogP contribution in [0.3, 0.4) is 0 Å². The Morgan fingerprint density at radius 1 is 1.00 bits per heavy atom. The molecule has 0 aliphatic heterocycles. The van der Waals surface area contributed by atoms with Gasteiger partial charge in [0.1, 0.15) is 6.61 Å². The highest BCUT2D eigenvalue weighted by molar-refractivity contribution is 14.1. The van der Waals surface area contributed by atoms with Gasteiger partial charge in [0, 0.05) is 8.04 Å². The summed E-state index contributed by atoms with van der Waals surface area (Å²) in [6.07, 6.45) is 1.85. The zero-order chi connectivity index (χ0) is 22.1. The lowest BCUT2D eigenvalue weighted by Crippen LogP contribution is -2.19. The molecule has 1 amide bonds. The summed E-state index contributed by atoms with van der Waals surface area (Å²) in [5, 5.41) is 4.06. The van der Waals surface area contributed by atoms with E-state index in [0.29, 0.717) is 24.7 Å². The van der Waals surface area contributed by atoms with Crippen molar-refractivity contribution in [2.75, 3.05) is 6.61 Å². The molecule has 3 aromatic carbocycles. The van der Waals surface area contributed by atoms with E-state index in [2.05, 4.69) is 49.0 Å². The molecule has 0 fully saturated rings. The highest BCUT2D eigenvalue weighted by Crippen LogP contribution is 2.29. The number of ether oxygens (including phenoxy) is 2. The van der Waals surface area contributed by atoms with Gasteiger partial charge in [0.15, 0.2) is 11.5 Å². The second-order valence-corrected chi connectivity index (χ2v) is 8.81. The van der Waals surface area contributed by atoms with Crippen molar-refractivity contribution in [3.8, 4) is 11.5 Å². The van der Waals surface area contributed by atoms with E-state index >= 15 is 0 Å². The summed E-state index contributed by atoms with van der Waals surface area (Å²) in [7, 11) is 0. The lowest BCUT2D eigenvalue weighted by molar-refractivity contribution is -0.120. The summed E-state index contributed by atoms with van der Waals surface area (Å²) in [5.41, 5.74) is 5.36. The molecule has 0 saturated carbocycles. The molecule has 0 aliphatic carbocycles. The molecule has 0 aromatic heterocycles. The minimum absolute atomic E-state index is 0.180. The molecule has 3 aromatic rings. The first-order valence-electron chi connectivity index (χ1n) is 9.74. The van der Waals surface area contributed by atoms with Gasteiger partial charge in [-0.25, -0.2) is 5.43 Å². The summed E-state index contributed by atoms with van der Waals surface area (Å²) in [5.74, 6) is 1.12. The SMILES string of the molecule is CCOc1cc(/C=N/NC(=O)Cc2ccc(Br)cc2)ccc1OCc1ccc(I)cc1. The number of carbonyl (C=O) groups excluding carboxylic acids is 1. The molecule has 0 unspecified atom stereocenters. The van der Waals surface area contributed by atoms with Crippen LogP contribution in [0, 0.1) is 3.57 Å². The first-order valence-corrected chi connectivity index (χ1v) is 11.6. The van der Waals surface area contributed by atoms with E-state index < -0.39 is 0 Å². The van der Waals surface area contributed by atoms with E-state index in [-0.39, 0.29) is 12.3 Å². The summed E-state index contributed by atoms with van der Waals surface area (Å²) in [6.45, 7) is 2.90. The van der Waals surface area contributed by atoms with Crippen molar-refractivity contribution in [3.05, 3.63) is 91.5 Å². The normalized spacial score (nSPS) is 10.8. The number of benzene rings is 3. The van der Waals surface area contributed by atoms with Crippen molar-refractivity contribution in [2.45, 2.75) is 20.0 Å². The molecule has 0 aliphatic rings. The number of hydrazone groups is 1. The molecule has 5 nitrogen and oxygen atoms in total. The van der Waals surface area contributed by atoms with E-state index in [1.807, 2.05) is 73.7 Å². The van der Waals surface area contributed by atoms with Crippen LogP contribution in [0.5, 0.6) is 11.5 Å².